The van der Waals surface area contributed by atoms with Gasteiger partial charge in [-0.05, 0) is 37.1 Å². The van der Waals surface area contributed by atoms with Crippen molar-refractivity contribution in [1.82, 2.24) is 14.2 Å². The molecule has 0 spiro atoms. The SMILES string of the molecule is CN(C1CCN(C(=O)c2ccccc2-c2ncc(-c3ccccc3F)o2)CC1)S(C)(=O)=O. The molecule has 9 heteroatoms. The number of oxazole rings is 1. The minimum atomic E-state index is -3.28. The number of halogens is 1. The maximum atomic E-state index is 14.1. The number of carbonyl (C=O) groups excluding carboxylic acids is 1. The fourth-order valence-electron chi connectivity index (χ4n) is 3.91. The lowest BCUT2D eigenvalue weighted by Crippen LogP contribution is -2.47. The van der Waals surface area contributed by atoms with E-state index in [1.807, 2.05) is 0 Å². The Bertz CT molecular complexity index is 1230. The van der Waals surface area contributed by atoms with E-state index in [0.29, 0.717) is 42.6 Å². The van der Waals surface area contributed by atoms with Gasteiger partial charge < -0.3 is 9.32 Å². The number of rotatable bonds is 5. The number of hydrogen-bond acceptors (Lipinski definition) is 5. The van der Waals surface area contributed by atoms with E-state index in [-0.39, 0.29) is 23.6 Å². The van der Waals surface area contributed by atoms with Gasteiger partial charge >= 0.3 is 0 Å². The van der Waals surface area contributed by atoms with Crippen LogP contribution >= 0.6 is 0 Å². The number of aromatic nitrogens is 1. The van der Waals surface area contributed by atoms with E-state index < -0.39 is 15.8 Å². The van der Waals surface area contributed by atoms with Gasteiger partial charge in [0.05, 0.1) is 23.6 Å². The summed E-state index contributed by atoms with van der Waals surface area (Å²) in [7, 11) is -1.70. The van der Waals surface area contributed by atoms with Gasteiger partial charge in [0, 0.05) is 31.7 Å². The Hall–Kier alpha value is -3.04. The van der Waals surface area contributed by atoms with E-state index >= 15 is 0 Å². The van der Waals surface area contributed by atoms with Gasteiger partial charge in [0.2, 0.25) is 15.9 Å². The van der Waals surface area contributed by atoms with Crippen LogP contribution in [0.15, 0.2) is 59.1 Å². The average molecular weight is 458 g/mol. The predicted octanol–water partition coefficient (Wildman–Crippen LogP) is 3.64. The molecule has 4 rings (SSSR count). The summed E-state index contributed by atoms with van der Waals surface area (Å²) in [6, 6.07) is 13.1. The van der Waals surface area contributed by atoms with Crippen LogP contribution in [-0.4, -0.2) is 60.9 Å². The van der Waals surface area contributed by atoms with Crippen molar-refractivity contribution < 1.29 is 22.0 Å². The highest BCUT2D eigenvalue weighted by Gasteiger charge is 2.30. The zero-order valence-electron chi connectivity index (χ0n) is 17.9. The molecule has 1 fully saturated rings. The molecule has 7 nitrogen and oxygen atoms in total. The average Bonchev–Trinajstić information content (AvgIpc) is 3.28. The summed E-state index contributed by atoms with van der Waals surface area (Å²) in [4.78, 5) is 19.3. The molecule has 0 unspecified atom stereocenters. The third-order valence-electron chi connectivity index (χ3n) is 5.82. The molecule has 0 atom stereocenters. The smallest absolute Gasteiger partial charge is 0.254 e. The Kier molecular flexibility index (Phi) is 6.12. The molecule has 1 amide bonds. The number of hydrogen-bond donors (Lipinski definition) is 0. The van der Waals surface area contributed by atoms with Crippen molar-refractivity contribution in [1.29, 1.82) is 0 Å². The molecule has 1 aromatic heterocycles. The van der Waals surface area contributed by atoms with Crippen molar-refractivity contribution in [2.24, 2.45) is 0 Å². The number of carbonyl (C=O) groups is 1. The van der Waals surface area contributed by atoms with Crippen LogP contribution in [0.3, 0.4) is 0 Å². The summed E-state index contributed by atoms with van der Waals surface area (Å²) < 4.78 is 44.9. The minimum Gasteiger partial charge on any atom is -0.436 e. The van der Waals surface area contributed by atoms with E-state index in [0.717, 1.165) is 0 Å². The van der Waals surface area contributed by atoms with Crippen LogP contribution in [0.2, 0.25) is 0 Å². The molecule has 2 aromatic carbocycles. The van der Waals surface area contributed by atoms with Crippen molar-refractivity contribution in [2.75, 3.05) is 26.4 Å². The zero-order chi connectivity index (χ0) is 22.9. The lowest BCUT2D eigenvalue weighted by molar-refractivity contribution is 0.0687. The molecule has 0 radical (unpaired) electrons. The van der Waals surface area contributed by atoms with Crippen LogP contribution in [0, 0.1) is 5.82 Å². The third kappa shape index (κ3) is 4.44. The Morgan fingerprint density at radius 1 is 1.09 bits per heavy atom. The summed E-state index contributed by atoms with van der Waals surface area (Å²) >= 11 is 0. The third-order valence-corrected chi connectivity index (χ3v) is 7.17. The molecule has 0 bridgehead atoms. The fraction of sp³-hybridized carbons (Fsp3) is 0.304. The second-order valence-corrected chi connectivity index (χ2v) is 9.90. The van der Waals surface area contributed by atoms with Crippen LogP contribution in [0.1, 0.15) is 23.2 Å². The van der Waals surface area contributed by atoms with Gasteiger partial charge in [-0.1, -0.05) is 24.3 Å². The molecule has 0 saturated carbocycles. The molecule has 168 valence electrons. The van der Waals surface area contributed by atoms with Gasteiger partial charge in [0.25, 0.3) is 5.91 Å². The number of amides is 1. The largest absolute Gasteiger partial charge is 0.436 e. The zero-order valence-corrected chi connectivity index (χ0v) is 18.7. The number of piperidine rings is 1. The first-order valence-electron chi connectivity index (χ1n) is 10.3. The molecule has 1 aliphatic rings. The van der Waals surface area contributed by atoms with E-state index in [1.54, 1.807) is 54.4 Å². The standard InChI is InChI=1S/C23H24FN3O4S/c1-26(32(2,29)30)16-11-13-27(14-12-16)23(28)18-8-4-3-7-17(18)22-25-15-21(31-22)19-9-5-6-10-20(19)24/h3-10,15-16H,11-14H2,1-2H3. The Labute approximate surface area is 186 Å². The van der Waals surface area contributed by atoms with E-state index in [1.165, 1.54) is 22.8 Å². The van der Waals surface area contributed by atoms with E-state index in [4.69, 9.17) is 4.42 Å². The first-order chi connectivity index (χ1) is 15.3. The minimum absolute atomic E-state index is 0.126. The lowest BCUT2D eigenvalue weighted by atomic mass is 10.0. The van der Waals surface area contributed by atoms with Gasteiger partial charge in [0.15, 0.2) is 5.76 Å². The summed E-state index contributed by atoms with van der Waals surface area (Å²) in [5, 5.41) is 0. The highest BCUT2D eigenvalue weighted by molar-refractivity contribution is 7.88. The second-order valence-electron chi connectivity index (χ2n) is 7.86. The quantitative estimate of drug-likeness (QED) is 0.584. The molecular weight excluding hydrogens is 433 g/mol. The highest BCUT2D eigenvalue weighted by Crippen LogP contribution is 2.30. The Balaban J connectivity index is 1.55. The molecular formula is C23H24FN3O4S. The Morgan fingerprint density at radius 2 is 1.72 bits per heavy atom. The van der Waals surface area contributed by atoms with E-state index in [2.05, 4.69) is 4.98 Å². The van der Waals surface area contributed by atoms with Crippen LogP contribution in [0.5, 0.6) is 0 Å². The summed E-state index contributed by atoms with van der Waals surface area (Å²) in [5.41, 5.74) is 1.26. The number of nitrogens with zero attached hydrogens (tertiary/aromatic N) is 3. The van der Waals surface area contributed by atoms with Crippen molar-refractivity contribution in [3.8, 4) is 22.8 Å². The van der Waals surface area contributed by atoms with Gasteiger partial charge in [-0.25, -0.2) is 22.1 Å². The van der Waals surface area contributed by atoms with Crippen molar-refractivity contribution in [2.45, 2.75) is 18.9 Å². The number of likely N-dealkylation sites (tertiary alicyclic amines) is 1. The molecule has 1 aliphatic heterocycles. The van der Waals surface area contributed by atoms with E-state index in [9.17, 15) is 17.6 Å². The lowest BCUT2D eigenvalue weighted by Gasteiger charge is -2.35. The maximum Gasteiger partial charge on any atom is 0.254 e. The molecule has 0 N–H and O–H groups in total. The fourth-order valence-corrected chi connectivity index (χ4v) is 4.67. The van der Waals surface area contributed by atoms with Gasteiger partial charge in [-0.3, -0.25) is 4.79 Å². The highest BCUT2D eigenvalue weighted by atomic mass is 32.2. The summed E-state index contributed by atoms with van der Waals surface area (Å²) in [6.07, 6.45) is 3.76. The van der Waals surface area contributed by atoms with Gasteiger partial charge in [-0.15, -0.1) is 0 Å². The van der Waals surface area contributed by atoms with Gasteiger partial charge in [-0.2, -0.15) is 0 Å². The molecule has 2 heterocycles. The molecule has 0 aliphatic carbocycles. The van der Waals surface area contributed by atoms with Crippen molar-refractivity contribution in [3.63, 3.8) is 0 Å². The number of sulfonamides is 1. The first-order valence-corrected chi connectivity index (χ1v) is 12.1. The maximum absolute atomic E-state index is 14.1. The van der Waals surface area contributed by atoms with Crippen molar-refractivity contribution >= 4 is 15.9 Å². The molecule has 1 saturated heterocycles. The monoisotopic (exact) mass is 457 g/mol. The molecule has 3 aromatic rings. The Morgan fingerprint density at radius 3 is 2.38 bits per heavy atom. The van der Waals surface area contributed by atoms with Gasteiger partial charge in [0.1, 0.15) is 5.82 Å². The van der Waals surface area contributed by atoms with Crippen LogP contribution < -0.4 is 0 Å². The van der Waals surface area contributed by atoms with Crippen LogP contribution in [0.4, 0.5) is 4.39 Å². The molecule has 32 heavy (non-hydrogen) atoms. The second kappa shape index (κ2) is 8.84. The summed E-state index contributed by atoms with van der Waals surface area (Å²) in [5.74, 6) is -0.0722. The van der Waals surface area contributed by atoms with Crippen LogP contribution in [-0.2, 0) is 10.0 Å². The number of benzene rings is 2. The summed E-state index contributed by atoms with van der Waals surface area (Å²) in [6.45, 7) is 0.896. The van der Waals surface area contributed by atoms with Crippen LogP contribution in [0.25, 0.3) is 22.8 Å². The first kappa shape index (κ1) is 22.2. The topological polar surface area (TPSA) is 83.7 Å². The van der Waals surface area contributed by atoms with Crippen molar-refractivity contribution in [3.05, 3.63) is 66.1 Å². The predicted molar refractivity (Wildman–Crippen MR) is 119 cm³/mol. The normalized spacial score (nSPS) is 15.3.